The Labute approximate surface area is 157 Å². The van der Waals surface area contributed by atoms with Gasteiger partial charge in [0.25, 0.3) is 5.91 Å². The number of amides is 1. The van der Waals surface area contributed by atoms with Crippen molar-refractivity contribution in [3.63, 3.8) is 0 Å². The molecule has 2 N–H and O–H groups in total. The summed E-state index contributed by atoms with van der Waals surface area (Å²) in [5.41, 5.74) is 1.78. The van der Waals surface area contributed by atoms with Crippen LogP contribution in [0.15, 0.2) is 28.9 Å². The van der Waals surface area contributed by atoms with E-state index in [1.165, 1.54) is 6.26 Å². The van der Waals surface area contributed by atoms with E-state index >= 15 is 0 Å². The lowest BCUT2D eigenvalue weighted by molar-refractivity contribution is -0.136. The molecule has 0 bridgehead atoms. The van der Waals surface area contributed by atoms with Crippen LogP contribution in [0.3, 0.4) is 0 Å². The summed E-state index contributed by atoms with van der Waals surface area (Å²) in [4.78, 5) is 23.9. The number of carboxylic acids is 1. The fourth-order valence-electron chi connectivity index (χ4n) is 3.17. The first kappa shape index (κ1) is 18.8. The average molecular weight is 373 g/mol. The zero-order valence-corrected chi connectivity index (χ0v) is 15.6. The maximum atomic E-state index is 12.9. The lowest BCUT2D eigenvalue weighted by Gasteiger charge is -2.25. The molecule has 1 aliphatic heterocycles. The first-order chi connectivity index (χ1) is 12.9. The van der Waals surface area contributed by atoms with Crippen LogP contribution in [0.25, 0.3) is 0 Å². The number of carboxylic acid groups (broad SMARTS) is 1. The monoisotopic (exact) mass is 373 g/mol. The molecule has 1 aromatic heterocycles. The minimum Gasteiger partial charge on any atom is -0.486 e. The van der Waals surface area contributed by atoms with Gasteiger partial charge in [-0.15, -0.1) is 0 Å². The third-order valence-electron chi connectivity index (χ3n) is 4.47. The third-order valence-corrected chi connectivity index (χ3v) is 4.47. The summed E-state index contributed by atoms with van der Waals surface area (Å²) in [6, 6.07) is 5.34. The first-order valence-electron chi connectivity index (χ1n) is 8.86. The number of benzene rings is 1. The molecule has 0 saturated carbocycles. The molecule has 0 radical (unpaired) electrons. The largest absolute Gasteiger partial charge is 0.486 e. The van der Waals surface area contributed by atoms with Gasteiger partial charge in [0, 0.05) is 5.56 Å². The molecule has 7 heteroatoms. The number of hydrogen-bond donors (Lipinski definition) is 2. The van der Waals surface area contributed by atoms with Crippen LogP contribution in [-0.2, 0) is 11.2 Å². The highest BCUT2D eigenvalue weighted by Crippen LogP contribution is 2.34. The Bertz CT molecular complexity index is 854. The summed E-state index contributed by atoms with van der Waals surface area (Å²) in [5.74, 6) is 0.198. The summed E-state index contributed by atoms with van der Waals surface area (Å²) in [7, 11) is 0. The second-order valence-corrected chi connectivity index (χ2v) is 6.89. The molecule has 27 heavy (non-hydrogen) atoms. The van der Waals surface area contributed by atoms with E-state index in [4.69, 9.17) is 19.0 Å². The van der Waals surface area contributed by atoms with Crippen molar-refractivity contribution in [3.05, 3.63) is 46.9 Å². The number of fused-ring (bicyclic) bond motifs is 1. The molecule has 144 valence electrons. The van der Waals surface area contributed by atoms with Crippen LogP contribution in [-0.4, -0.2) is 30.2 Å². The topological polar surface area (TPSA) is 98.0 Å². The van der Waals surface area contributed by atoms with Gasteiger partial charge in [-0.05, 0) is 30.5 Å². The van der Waals surface area contributed by atoms with Crippen LogP contribution >= 0.6 is 0 Å². The second-order valence-electron chi connectivity index (χ2n) is 6.89. The second kappa shape index (κ2) is 7.73. The Morgan fingerprint density at radius 1 is 1.19 bits per heavy atom. The smallest absolute Gasteiger partial charge is 0.311 e. The molecule has 2 aromatic rings. The SMILES string of the molecule is Cc1coc(CC(=O)O)c1C(=O)NC(c1ccc2c(c1)OCCO2)C(C)C. The molecule has 1 aliphatic rings. The Hall–Kier alpha value is -2.96. The highest BCUT2D eigenvalue weighted by molar-refractivity contribution is 5.97. The molecule has 1 amide bonds. The quantitative estimate of drug-likeness (QED) is 0.807. The number of ether oxygens (including phenoxy) is 2. The van der Waals surface area contributed by atoms with Crippen LogP contribution in [0.5, 0.6) is 11.5 Å². The molecular formula is C20H23NO6. The zero-order chi connectivity index (χ0) is 19.6. The predicted octanol–water partition coefficient (Wildman–Crippen LogP) is 3.11. The molecule has 0 aliphatic carbocycles. The van der Waals surface area contributed by atoms with E-state index in [0.29, 0.717) is 30.3 Å². The summed E-state index contributed by atoms with van der Waals surface area (Å²) in [6.45, 7) is 6.73. The van der Waals surface area contributed by atoms with Gasteiger partial charge in [0.05, 0.1) is 17.9 Å². The van der Waals surface area contributed by atoms with Crippen LogP contribution < -0.4 is 14.8 Å². The fourth-order valence-corrected chi connectivity index (χ4v) is 3.17. The third kappa shape index (κ3) is 4.07. The number of aryl methyl sites for hydroxylation is 1. The van der Waals surface area contributed by atoms with Gasteiger partial charge in [-0.2, -0.15) is 0 Å². The van der Waals surface area contributed by atoms with Crippen molar-refractivity contribution in [1.29, 1.82) is 0 Å². The van der Waals surface area contributed by atoms with Gasteiger partial charge >= 0.3 is 5.97 Å². The van der Waals surface area contributed by atoms with Crippen LogP contribution in [0.1, 0.15) is 47.1 Å². The Kier molecular flexibility index (Phi) is 5.39. The van der Waals surface area contributed by atoms with E-state index < -0.39 is 5.97 Å². The van der Waals surface area contributed by atoms with Crippen LogP contribution in [0.2, 0.25) is 0 Å². The van der Waals surface area contributed by atoms with Crippen molar-refractivity contribution in [3.8, 4) is 11.5 Å². The van der Waals surface area contributed by atoms with E-state index in [9.17, 15) is 9.59 Å². The van der Waals surface area contributed by atoms with Crippen molar-refractivity contribution in [2.75, 3.05) is 13.2 Å². The highest BCUT2D eigenvalue weighted by Gasteiger charge is 2.26. The lowest BCUT2D eigenvalue weighted by Crippen LogP contribution is -2.32. The van der Waals surface area contributed by atoms with Gasteiger partial charge in [0.15, 0.2) is 11.5 Å². The van der Waals surface area contributed by atoms with E-state index in [1.54, 1.807) is 6.92 Å². The van der Waals surface area contributed by atoms with Gasteiger partial charge < -0.3 is 24.3 Å². The number of aliphatic carboxylic acids is 1. The van der Waals surface area contributed by atoms with Gasteiger partial charge in [-0.1, -0.05) is 19.9 Å². The minimum absolute atomic E-state index is 0.103. The maximum Gasteiger partial charge on any atom is 0.311 e. The molecule has 7 nitrogen and oxygen atoms in total. The van der Waals surface area contributed by atoms with Crippen molar-refractivity contribution >= 4 is 11.9 Å². The number of nitrogens with one attached hydrogen (secondary N) is 1. The normalized spacial score (nSPS) is 14.1. The molecule has 1 unspecified atom stereocenters. The van der Waals surface area contributed by atoms with E-state index in [1.807, 2.05) is 32.0 Å². The Balaban J connectivity index is 1.86. The molecule has 1 atom stereocenters. The number of carbonyl (C=O) groups excluding carboxylic acids is 1. The molecule has 3 rings (SSSR count). The van der Waals surface area contributed by atoms with E-state index in [2.05, 4.69) is 5.32 Å². The highest BCUT2D eigenvalue weighted by atomic mass is 16.6. The minimum atomic E-state index is -1.05. The number of furan rings is 1. The van der Waals surface area contributed by atoms with Crippen LogP contribution in [0, 0.1) is 12.8 Å². The Morgan fingerprint density at radius 2 is 1.89 bits per heavy atom. The van der Waals surface area contributed by atoms with E-state index in [0.717, 1.165) is 5.56 Å². The number of rotatable bonds is 6. The zero-order valence-electron chi connectivity index (χ0n) is 15.6. The number of carbonyl (C=O) groups is 2. The standard InChI is InChI=1S/C20H23NO6/c1-11(2)19(13-4-5-14-15(8-13)26-7-6-25-14)21-20(24)18-12(3)10-27-16(18)9-17(22)23/h4-5,8,10-11,19H,6-7,9H2,1-3H3,(H,21,24)(H,22,23). The molecule has 0 spiro atoms. The van der Waals surface area contributed by atoms with Crippen molar-refractivity contribution in [2.24, 2.45) is 5.92 Å². The molecule has 2 heterocycles. The van der Waals surface area contributed by atoms with Crippen molar-refractivity contribution in [1.82, 2.24) is 5.32 Å². The van der Waals surface area contributed by atoms with Crippen molar-refractivity contribution < 1.29 is 28.6 Å². The van der Waals surface area contributed by atoms with Gasteiger partial charge in [-0.25, -0.2) is 0 Å². The van der Waals surface area contributed by atoms with Crippen molar-refractivity contribution in [2.45, 2.75) is 33.2 Å². The summed E-state index contributed by atoms with van der Waals surface area (Å²) in [5, 5.41) is 12.0. The molecule has 0 fully saturated rings. The van der Waals surface area contributed by atoms with Gasteiger partial charge in [-0.3, -0.25) is 9.59 Å². The van der Waals surface area contributed by atoms with Gasteiger partial charge in [0.1, 0.15) is 25.4 Å². The molecule has 1 aromatic carbocycles. The summed E-state index contributed by atoms with van der Waals surface area (Å²) >= 11 is 0. The Morgan fingerprint density at radius 3 is 2.56 bits per heavy atom. The number of hydrogen-bond acceptors (Lipinski definition) is 5. The predicted molar refractivity (Wildman–Crippen MR) is 97.3 cm³/mol. The van der Waals surface area contributed by atoms with Crippen LogP contribution in [0.4, 0.5) is 0 Å². The van der Waals surface area contributed by atoms with Gasteiger partial charge in [0.2, 0.25) is 0 Å². The van der Waals surface area contributed by atoms with E-state index in [-0.39, 0.29) is 35.6 Å². The summed E-state index contributed by atoms with van der Waals surface area (Å²) < 4.78 is 16.5. The molecular weight excluding hydrogens is 350 g/mol. The maximum absolute atomic E-state index is 12.9. The summed E-state index contributed by atoms with van der Waals surface area (Å²) in [6.07, 6.45) is 1.06. The lowest BCUT2D eigenvalue weighted by atomic mass is 9.95. The first-order valence-corrected chi connectivity index (χ1v) is 8.86. The fraction of sp³-hybridized carbons (Fsp3) is 0.400. The molecule has 0 saturated heterocycles. The average Bonchev–Trinajstić information content (AvgIpc) is 2.98.